The lowest BCUT2D eigenvalue weighted by molar-refractivity contribution is 0.476. The molecule has 1 aromatic rings. The summed E-state index contributed by atoms with van der Waals surface area (Å²) in [6, 6.07) is 5.79. The van der Waals surface area contributed by atoms with Crippen LogP contribution in [-0.4, -0.2) is 0 Å². The standard InChI is InChI=1S/C11H14Cl2N2/c1-6-5-8(6)11(15-14)7-3-2-4-9(12)10(7)13/h2-4,6,8,11,15H,5,14H2,1H3. The first-order valence-electron chi connectivity index (χ1n) is 5.05. The first-order chi connectivity index (χ1) is 7.15. The smallest absolute Gasteiger partial charge is 0.0640 e. The molecule has 2 nitrogen and oxygen atoms in total. The number of hydrogen-bond acceptors (Lipinski definition) is 2. The molecule has 3 atom stereocenters. The second-order valence-electron chi connectivity index (χ2n) is 4.16. The molecule has 0 amide bonds. The molecule has 0 bridgehead atoms. The van der Waals surface area contributed by atoms with E-state index in [0.29, 0.717) is 21.9 Å². The van der Waals surface area contributed by atoms with Crippen LogP contribution in [0.25, 0.3) is 0 Å². The Hall–Kier alpha value is -0.280. The Balaban J connectivity index is 2.30. The lowest BCUT2D eigenvalue weighted by atomic mass is 10.0. The van der Waals surface area contributed by atoms with Crippen molar-refractivity contribution in [2.45, 2.75) is 19.4 Å². The summed E-state index contributed by atoms with van der Waals surface area (Å²) in [7, 11) is 0. The molecule has 4 heteroatoms. The molecule has 0 aliphatic heterocycles. The third kappa shape index (κ3) is 2.13. The van der Waals surface area contributed by atoms with Gasteiger partial charge in [0, 0.05) is 0 Å². The van der Waals surface area contributed by atoms with Crippen molar-refractivity contribution >= 4 is 23.2 Å². The molecule has 3 N–H and O–H groups in total. The van der Waals surface area contributed by atoms with Crippen LogP contribution in [0.4, 0.5) is 0 Å². The zero-order valence-corrected chi connectivity index (χ0v) is 10.0. The molecule has 0 saturated heterocycles. The van der Waals surface area contributed by atoms with E-state index in [9.17, 15) is 0 Å². The van der Waals surface area contributed by atoms with Gasteiger partial charge in [-0.25, -0.2) is 0 Å². The summed E-state index contributed by atoms with van der Waals surface area (Å²) >= 11 is 12.1. The van der Waals surface area contributed by atoms with Crippen LogP contribution in [0, 0.1) is 11.8 Å². The number of hydrazine groups is 1. The third-order valence-corrected chi connectivity index (χ3v) is 3.93. The molecule has 1 aliphatic carbocycles. The molecular formula is C11H14Cl2N2. The van der Waals surface area contributed by atoms with Crippen LogP contribution >= 0.6 is 23.2 Å². The number of halogens is 2. The van der Waals surface area contributed by atoms with Crippen LogP contribution in [0.15, 0.2) is 18.2 Å². The number of nitrogens with two attached hydrogens (primary N) is 1. The molecule has 1 saturated carbocycles. The van der Waals surface area contributed by atoms with E-state index < -0.39 is 0 Å². The lowest BCUT2D eigenvalue weighted by Gasteiger charge is -2.18. The quantitative estimate of drug-likeness (QED) is 0.634. The predicted octanol–water partition coefficient (Wildman–Crippen LogP) is 3.15. The number of rotatable bonds is 3. The van der Waals surface area contributed by atoms with Crippen molar-refractivity contribution in [3.63, 3.8) is 0 Å². The molecule has 0 radical (unpaired) electrons. The molecule has 0 aromatic heterocycles. The maximum atomic E-state index is 6.16. The van der Waals surface area contributed by atoms with Gasteiger partial charge in [0.1, 0.15) is 0 Å². The topological polar surface area (TPSA) is 38.0 Å². The minimum absolute atomic E-state index is 0.117. The van der Waals surface area contributed by atoms with E-state index in [1.54, 1.807) is 6.07 Å². The van der Waals surface area contributed by atoms with Gasteiger partial charge in [-0.15, -0.1) is 0 Å². The van der Waals surface area contributed by atoms with E-state index in [2.05, 4.69) is 12.3 Å². The Bertz CT molecular complexity index is 368. The Labute approximate surface area is 99.7 Å². The zero-order chi connectivity index (χ0) is 11.0. The summed E-state index contributed by atoms with van der Waals surface area (Å²) in [4.78, 5) is 0. The van der Waals surface area contributed by atoms with Crippen molar-refractivity contribution in [2.24, 2.45) is 17.7 Å². The Morgan fingerprint density at radius 1 is 1.47 bits per heavy atom. The fourth-order valence-electron chi connectivity index (χ4n) is 2.02. The van der Waals surface area contributed by atoms with Crippen LogP contribution in [0.2, 0.25) is 10.0 Å². The van der Waals surface area contributed by atoms with Crippen LogP contribution in [-0.2, 0) is 0 Å². The van der Waals surface area contributed by atoms with Gasteiger partial charge in [-0.3, -0.25) is 11.3 Å². The van der Waals surface area contributed by atoms with E-state index in [1.807, 2.05) is 12.1 Å². The Morgan fingerprint density at radius 2 is 2.13 bits per heavy atom. The molecule has 15 heavy (non-hydrogen) atoms. The van der Waals surface area contributed by atoms with Crippen molar-refractivity contribution < 1.29 is 0 Å². The summed E-state index contributed by atoms with van der Waals surface area (Å²) < 4.78 is 0. The normalized spacial score (nSPS) is 26.4. The summed E-state index contributed by atoms with van der Waals surface area (Å²) in [6.07, 6.45) is 1.19. The van der Waals surface area contributed by atoms with Crippen LogP contribution in [0.5, 0.6) is 0 Å². The molecule has 1 aromatic carbocycles. The van der Waals surface area contributed by atoms with Gasteiger partial charge in [-0.05, 0) is 29.9 Å². The first kappa shape index (κ1) is 11.2. The van der Waals surface area contributed by atoms with Crippen molar-refractivity contribution in [2.75, 3.05) is 0 Å². The van der Waals surface area contributed by atoms with Crippen molar-refractivity contribution in [3.05, 3.63) is 33.8 Å². The van der Waals surface area contributed by atoms with Crippen molar-refractivity contribution in [1.82, 2.24) is 5.43 Å². The van der Waals surface area contributed by atoms with E-state index in [0.717, 1.165) is 5.56 Å². The fourth-order valence-corrected chi connectivity index (χ4v) is 2.45. The summed E-state index contributed by atoms with van der Waals surface area (Å²) in [5, 5.41) is 1.20. The van der Waals surface area contributed by atoms with Gasteiger partial charge in [-0.1, -0.05) is 42.3 Å². The maximum absolute atomic E-state index is 6.16. The highest BCUT2D eigenvalue weighted by molar-refractivity contribution is 6.42. The molecule has 82 valence electrons. The monoisotopic (exact) mass is 244 g/mol. The van der Waals surface area contributed by atoms with Gasteiger partial charge in [-0.2, -0.15) is 0 Å². The second-order valence-corrected chi connectivity index (χ2v) is 4.95. The van der Waals surface area contributed by atoms with E-state index >= 15 is 0 Å². The fraction of sp³-hybridized carbons (Fsp3) is 0.455. The predicted molar refractivity (Wildman–Crippen MR) is 63.8 cm³/mol. The largest absolute Gasteiger partial charge is 0.271 e. The average Bonchev–Trinajstić information content (AvgIpc) is 2.91. The van der Waals surface area contributed by atoms with Gasteiger partial charge in [0.2, 0.25) is 0 Å². The average molecular weight is 245 g/mol. The first-order valence-corrected chi connectivity index (χ1v) is 5.80. The molecule has 1 aliphatic rings. The highest BCUT2D eigenvalue weighted by Gasteiger charge is 2.40. The number of benzene rings is 1. The van der Waals surface area contributed by atoms with E-state index in [4.69, 9.17) is 29.0 Å². The summed E-state index contributed by atoms with van der Waals surface area (Å²) in [6.45, 7) is 2.22. The van der Waals surface area contributed by atoms with E-state index in [1.165, 1.54) is 6.42 Å². The minimum atomic E-state index is 0.117. The summed E-state index contributed by atoms with van der Waals surface area (Å²) in [5.74, 6) is 6.86. The molecule has 0 heterocycles. The van der Waals surface area contributed by atoms with E-state index in [-0.39, 0.29) is 6.04 Å². The van der Waals surface area contributed by atoms with Crippen LogP contribution < -0.4 is 11.3 Å². The SMILES string of the molecule is CC1CC1C(NN)c1cccc(Cl)c1Cl. The molecule has 3 unspecified atom stereocenters. The highest BCUT2D eigenvalue weighted by Crippen LogP contribution is 2.48. The van der Waals surface area contributed by atoms with Gasteiger partial charge in [0.15, 0.2) is 0 Å². The van der Waals surface area contributed by atoms with Gasteiger partial charge < -0.3 is 0 Å². The van der Waals surface area contributed by atoms with Crippen LogP contribution in [0.3, 0.4) is 0 Å². The number of nitrogens with one attached hydrogen (secondary N) is 1. The van der Waals surface area contributed by atoms with Crippen molar-refractivity contribution in [3.8, 4) is 0 Å². The second kappa shape index (κ2) is 4.30. The highest BCUT2D eigenvalue weighted by atomic mass is 35.5. The number of hydrogen-bond donors (Lipinski definition) is 2. The molecule has 0 spiro atoms. The maximum Gasteiger partial charge on any atom is 0.0640 e. The Kier molecular flexibility index (Phi) is 3.21. The summed E-state index contributed by atoms with van der Waals surface area (Å²) in [5.41, 5.74) is 3.84. The zero-order valence-electron chi connectivity index (χ0n) is 8.50. The van der Waals surface area contributed by atoms with Gasteiger partial charge in [0.25, 0.3) is 0 Å². The van der Waals surface area contributed by atoms with Gasteiger partial charge >= 0.3 is 0 Å². The van der Waals surface area contributed by atoms with Crippen molar-refractivity contribution in [1.29, 1.82) is 0 Å². The van der Waals surface area contributed by atoms with Gasteiger partial charge in [0.05, 0.1) is 16.1 Å². The minimum Gasteiger partial charge on any atom is -0.271 e. The molecule has 2 rings (SSSR count). The third-order valence-electron chi connectivity index (χ3n) is 3.10. The van der Waals surface area contributed by atoms with Crippen LogP contribution in [0.1, 0.15) is 24.9 Å². The lowest BCUT2D eigenvalue weighted by Crippen LogP contribution is -2.30. The Morgan fingerprint density at radius 3 is 2.67 bits per heavy atom. The molecular weight excluding hydrogens is 231 g/mol. The molecule has 1 fully saturated rings.